The Morgan fingerprint density at radius 2 is 1.86 bits per heavy atom. The van der Waals surface area contributed by atoms with E-state index in [9.17, 15) is 0 Å². The highest BCUT2D eigenvalue weighted by molar-refractivity contribution is 7.80. The molecular formula is C19H21Cl3N6S. The molecule has 1 aromatic carbocycles. The van der Waals surface area contributed by atoms with Crippen molar-refractivity contribution < 1.29 is 0 Å². The van der Waals surface area contributed by atoms with Crippen LogP contribution in [0, 0.1) is 13.8 Å². The molecule has 2 N–H and O–H groups in total. The van der Waals surface area contributed by atoms with Crippen molar-refractivity contribution in [1.29, 1.82) is 0 Å². The lowest BCUT2D eigenvalue weighted by atomic mass is 10.2. The molecule has 10 heteroatoms. The number of nitrogens with one attached hydrogen (secondary N) is 2. The molecule has 0 bridgehead atoms. The second kappa shape index (κ2) is 9.34. The van der Waals surface area contributed by atoms with Gasteiger partial charge in [-0.2, -0.15) is 10.2 Å². The summed E-state index contributed by atoms with van der Waals surface area (Å²) >= 11 is 23.7. The molecule has 0 saturated carbocycles. The third-order valence-electron chi connectivity index (χ3n) is 4.46. The number of aryl methyl sites for hydroxylation is 2. The van der Waals surface area contributed by atoms with E-state index in [0.29, 0.717) is 33.3 Å². The average Bonchev–Trinajstić information content (AvgIpc) is 3.17. The third kappa shape index (κ3) is 5.22. The van der Waals surface area contributed by atoms with Gasteiger partial charge in [0.25, 0.3) is 0 Å². The molecule has 0 atom stereocenters. The first-order valence-corrected chi connectivity index (χ1v) is 10.6. The number of hydrogen-bond donors (Lipinski definition) is 2. The maximum atomic E-state index is 6.20. The number of hydrogen-bond acceptors (Lipinski definition) is 3. The van der Waals surface area contributed by atoms with E-state index in [2.05, 4.69) is 20.8 Å². The molecule has 3 aromatic rings. The molecule has 0 spiro atoms. The minimum absolute atomic E-state index is 0.438. The van der Waals surface area contributed by atoms with E-state index in [4.69, 9.17) is 47.0 Å². The number of halogens is 3. The van der Waals surface area contributed by atoms with Crippen molar-refractivity contribution in [1.82, 2.24) is 24.9 Å². The second-order valence-corrected chi connectivity index (χ2v) is 8.17. The van der Waals surface area contributed by atoms with E-state index in [0.717, 1.165) is 34.9 Å². The van der Waals surface area contributed by atoms with Gasteiger partial charge in [-0.15, -0.1) is 0 Å². The number of anilines is 1. The molecule has 2 aromatic heterocycles. The summed E-state index contributed by atoms with van der Waals surface area (Å²) in [6.07, 6.45) is 1.80. The number of aromatic nitrogens is 4. The van der Waals surface area contributed by atoms with Gasteiger partial charge in [0.05, 0.1) is 45.2 Å². The first-order valence-electron chi connectivity index (χ1n) is 9.03. The normalized spacial score (nSPS) is 11.0. The number of rotatable bonds is 6. The first-order chi connectivity index (χ1) is 13.8. The summed E-state index contributed by atoms with van der Waals surface area (Å²) in [4.78, 5) is 0. The van der Waals surface area contributed by atoms with E-state index < -0.39 is 0 Å². The van der Waals surface area contributed by atoms with Crippen LogP contribution in [0.5, 0.6) is 0 Å². The topological polar surface area (TPSA) is 59.7 Å². The van der Waals surface area contributed by atoms with Crippen LogP contribution in [-0.4, -0.2) is 24.7 Å². The van der Waals surface area contributed by atoms with Crippen molar-refractivity contribution >= 4 is 57.8 Å². The van der Waals surface area contributed by atoms with Crippen LogP contribution in [0.15, 0.2) is 24.4 Å². The molecule has 0 saturated heterocycles. The number of thiocarbonyl (C=S) groups is 1. The summed E-state index contributed by atoms with van der Waals surface area (Å²) in [5.41, 5.74) is 4.44. The Morgan fingerprint density at radius 1 is 1.10 bits per heavy atom. The van der Waals surface area contributed by atoms with Gasteiger partial charge in [0.15, 0.2) is 5.11 Å². The van der Waals surface area contributed by atoms with Crippen LogP contribution >= 0.6 is 47.0 Å². The molecular weight excluding hydrogens is 451 g/mol. The molecule has 0 aliphatic rings. The minimum Gasteiger partial charge on any atom is -0.357 e. The van der Waals surface area contributed by atoms with Crippen molar-refractivity contribution in [3.8, 4) is 0 Å². The number of benzene rings is 1. The van der Waals surface area contributed by atoms with Crippen LogP contribution < -0.4 is 10.6 Å². The second-order valence-electron chi connectivity index (χ2n) is 6.54. The lowest BCUT2D eigenvalue weighted by Gasteiger charge is -2.11. The van der Waals surface area contributed by atoms with E-state index in [1.54, 1.807) is 16.9 Å². The first kappa shape index (κ1) is 21.9. The lowest BCUT2D eigenvalue weighted by molar-refractivity contribution is 0.643. The Kier molecular flexibility index (Phi) is 7.05. The summed E-state index contributed by atoms with van der Waals surface area (Å²) in [5, 5.41) is 17.5. The molecule has 0 aliphatic heterocycles. The molecule has 2 heterocycles. The largest absolute Gasteiger partial charge is 0.357 e. The summed E-state index contributed by atoms with van der Waals surface area (Å²) in [5.74, 6) is 0. The molecule has 154 valence electrons. The smallest absolute Gasteiger partial charge is 0.171 e. The van der Waals surface area contributed by atoms with Gasteiger partial charge in [0, 0.05) is 12.7 Å². The zero-order valence-corrected chi connectivity index (χ0v) is 19.3. The van der Waals surface area contributed by atoms with Crippen molar-refractivity contribution in [2.75, 3.05) is 5.32 Å². The SMILES string of the molecule is CCn1cc(Cl)c(CNC(=S)Nc2c(C)nn(Cc3ccc(Cl)c(Cl)c3)c2C)n1. The summed E-state index contributed by atoms with van der Waals surface area (Å²) < 4.78 is 3.69. The Balaban J connectivity index is 1.66. The molecule has 6 nitrogen and oxygen atoms in total. The van der Waals surface area contributed by atoms with E-state index in [-0.39, 0.29) is 0 Å². The fourth-order valence-corrected chi connectivity index (χ4v) is 3.60. The van der Waals surface area contributed by atoms with Crippen LogP contribution in [0.25, 0.3) is 0 Å². The monoisotopic (exact) mass is 470 g/mol. The highest BCUT2D eigenvalue weighted by Crippen LogP contribution is 2.25. The maximum Gasteiger partial charge on any atom is 0.171 e. The van der Waals surface area contributed by atoms with Gasteiger partial charge in [-0.25, -0.2) is 0 Å². The van der Waals surface area contributed by atoms with Crippen LogP contribution in [-0.2, 0) is 19.6 Å². The Bertz CT molecular complexity index is 1040. The lowest BCUT2D eigenvalue weighted by Crippen LogP contribution is -2.28. The molecule has 0 radical (unpaired) electrons. The molecule has 29 heavy (non-hydrogen) atoms. The van der Waals surface area contributed by atoms with Gasteiger partial charge in [0.1, 0.15) is 5.69 Å². The van der Waals surface area contributed by atoms with Crippen molar-refractivity contribution in [2.24, 2.45) is 0 Å². The van der Waals surface area contributed by atoms with Crippen LogP contribution in [0.2, 0.25) is 15.1 Å². The Hall–Kier alpha value is -1.80. The fraction of sp³-hybridized carbons (Fsp3) is 0.316. The molecule has 0 fully saturated rings. The van der Waals surface area contributed by atoms with E-state index in [1.165, 1.54) is 0 Å². The van der Waals surface area contributed by atoms with Gasteiger partial charge in [-0.1, -0.05) is 40.9 Å². The van der Waals surface area contributed by atoms with Crippen molar-refractivity contribution in [3.63, 3.8) is 0 Å². The molecule has 0 unspecified atom stereocenters. The predicted octanol–water partition coefficient (Wildman–Crippen LogP) is 5.21. The average molecular weight is 472 g/mol. The van der Waals surface area contributed by atoms with Crippen LogP contribution in [0.3, 0.4) is 0 Å². The van der Waals surface area contributed by atoms with E-state index >= 15 is 0 Å². The molecule has 3 rings (SSSR count). The minimum atomic E-state index is 0.438. The van der Waals surface area contributed by atoms with Gasteiger partial charge < -0.3 is 10.6 Å². The van der Waals surface area contributed by atoms with Gasteiger partial charge in [-0.05, 0) is 50.7 Å². The highest BCUT2D eigenvalue weighted by Gasteiger charge is 2.14. The molecule has 0 aliphatic carbocycles. The Morgan fingerprint density at radius 3 is 2.52 bits per heavy atom. The third-order valence-corrected chi connectivity index (χ3v) is 5.77. The molecule has 0 amide bonds. The Labute approximate surface area is 190 Å². The fourth-order valence-electron chi connectivity index (χ4n) is 2.88. The van der Waals surface area contributed by atoms with E-state index in [1.807, 2.05) is 37.6 Å². The highest BCUT2D eigenvalue weighted by atomic mass is 35.5. The summed E-state index contributed by atoms with van der Waals surface area (Å²) in [6.45, 7) is 7.71. The van der Waals surface area contributed by atoms with Gasteiger partial charge in [0.2, 0.25) is 0 Å². The van der Waals surface area contributed by atoms with Gasteiger partial charge in [-0.3, -0.25) is 9.36 Å². The van der Waals surface area contributed by atoms with Crippen LogP contribution in [0.4, 0.5) is 5.69 Å². The standard InChI is InChI=1S/C19H21Cl3N6S/c1-4-27-10-16(22)17(26-27)8-23-19(29)24-18-11(2)25-28(12(18)3)9-13-5-6-14(20)15(21)7-13/h5-7,10H,4,8-9H2,1-3H3,(H2,23,24,29). The van der Waals surface area contributed by atoms with Crippen molar-refractivity contribution in [2.45, 2.75) is 40.4 Å². The summed E-state index contributed by atoms with van der Waals surface area (Å²) in [7, 11) is 0. The summed E-state index contributed by atoms with van der Waals surface area (Å²) in [6, 6.07) is 5.57. The number of nitrogens with zero attached hydrogens (tertiary/aromatic N) is 4. The zero-order valence-electron chi connectivity index (χ0n) is 16.3. The predicted molar refractivity (Wildman–Crippen MR) is 123 cm³/mol. The quantitative estimate of drug-likeness (QED) is 0.483. The van der Waals surface area contributed by atoms with Crippen molar-refractivity contribution in [3.05, 3.63) is 62.1 Å². The van der Waals surface area contributed by atoms with Crippen LogP contribution in [0.1, 0.15) is 29.6 Å². The van der Waals surface area contributed by atoms with Gasteiger partial charge >= 0.3 is 0 Å². The zero-order chi connectivity index (χ0) is 21.1. The maximum absolute atomic E-state index is 6.20.